The quantitative estimate of drug-likeness (QED) is 0.0376. The van der Waals surface area contributed by atoms with E-state index in [0.717, 1.165) is 171 Å². The molecule has 135 heavy (non-hydrogen) atoms. The van der Waals surface area contributed by atoms with E-state index < -0.39 is 6.09 Å². The average molecular weight is 1830 g/mol. The van der Waals surface area contributed by atoms with Crippen LogP contribution in [-0.4, -0.2) is 197 Å². The molecule has 0 atom stereocenters. The van der Waals surface area contributed by atoms with Crippen molar-refractivity contribution in [2.24, 2.45) is 7.05 Å². The number of tetrazole rings is 1. The highest BCUT2D eigenvalue weighted by molar-refractivity contribution is 6.00. The van der Waals surface area contributed by atoms with Crippen LogP contribution in [0.4, 0.5) is 16.2 Å². The number of carbonyl (C=O) groups excluding carboxylic acids is 5. The first-order chi connectivity index (χ1) is 65.4. The van der Waals surface area contributed by atoms with Gasteiger partial charge >= 0.3 is 6.09 Å². The van der Waals surface area contributed by atoms with Crippen molar-refractivity contribution in [2.45, 2.75) is 132 Å². The third-order valence-corrected chi connectivity index (χ3v) is 24.3. The monoisotopic (exact) mass is 1830 g/mol. The van der Waals surface area contributed by atoms with Crippen LogP contribution in [0.5, 0.6) is 40.2 Å². The van der Waals surface area contributed by atoms with E-state index in [4.69, 9.17) is 42.6 Å². The van der Waals surface area contributed by atoms with Gasteiger partial charge in [-0.2, -0.15) is 5.10 Å². The molecule has 3 aliphatic rings. The number of rotatable bonds is 30. The molecule has 10 aromatic carbocycles. The molecule has 30 nitrogen and oxygen atoms in total. The summed E-state index contributed by atoms with van der Waals surface area (Å²) in [6, 6.07) is 64.1. The number of methoxy groups -OCH3 is 4. The van der Waals surface area contributed by atoms with Crippen LogP contribution >= 0.6 is 0 Å². The third kappa shape index (κ3) is 25.7. The van der Waals surface area contributed by atoms with E-state index >= 15 is 0 Å². The van der Waals surface area contributed by atoms with E-state index in [-0.39, 0.29) is 67.6 Å². The van der Waals surface area contributed by atoms with Crippen molar-refractivity contribution in [3.63, 3.8) is 0 Å². The number of carbonyl (C=O) groups is 5. The van der Waals surface area contributed by atoms with Crippen LogP contribution in [0.1, 0.15) is 106 Å². The number of nitrogens with zero attached hydrogens (tertiary/aromatic N) is 12. The van der Waals surface area contributed by atoms with Crippen molar-refractivity contribution < 1.29 is 66.6 Å². The van der Waals surface area contributed by atoms with Gasteiger partial charge in [0.05, 0.1) is 70.5 Å². The molecule has 706 valence electrons. The summed E-state index contributed by atoms with van der Waals surface area (Å²) in [5.74, 6) is 6.33. The molecule has 1 saturated carbocycles. The van der Waals surface area contributed by atoms with Gasteiger partial charge in [-0.05, 0) is 196 Å². The summed E-state index contributed by atoms with van der Waals surface area (Å²) in [7, 11) is 7.98. The van der Waals surface area contributed by atoms with Crippen LogP contribution in [-0.2, 0) is 73.7 Å². The van der Waals surface area contributed by atoms with Crippen LogP contribution in [0.3, 0.4) is 0 Å². The molecule has 5 amide bonds. The highest BCUT2D eigenvalue weighted by Crippen LogP contribution is 2.44. The van der Waals surface area contributed by atoms with Gasteiger partial charge in [-0.15, -0.1) is 15.3 Å². The van der Waals surface area contributed by atoms with Crippen LogP contribution in [0.2, 0.25) is 0 Å². The van der Waals surface area contributed by atoms with E-state index in [1.807, 2.05) is 194 Å². The number of hydrogen-bond acceptors (Lipinski definition) is 22. The zero-order valence-corrected chi connectivity index (χ0v) is 79.3. The smallest absolute Gasteiger partial charge is 0.411 e. The fourth-order valence-electron chi connectivity index (χ4n) is 17.4. The van der Waals surface area contributed by atoms with Crippen molar-refractivity contribution in [2.75, 3.05) is 118 Å². The Balaban J connectivity index is 0.000000153. The minimum atomic E-state index is -0.485. The second-order valence-electron chi connectivity index (χ2n) is 33.9. The topological polar surface area (TPSA) is 323 Å². The van der Waals surface area contributed by atoms with Gasteiger partial charge in [0.1, 0.15) is 35.4 Å². The van der Waals surface area contributed by atoms with E-state index in [1.54, 1.807) is 75.6 Å². The zero-order chi connectivity index (χ0) is 95.5. The molecular weight excluding hydrogens is 1710 g/mol. The van der Waals surface area contributed by atoms with Crippen molar-refractivity contribution in [3.8, 4) is 62.9 Å². The van der Waals surface area contributed by atoms with Gasteiger partial charge in [0.25, 0.3) is 23.3 Å². The number of fused-ring (bicyclic) bond motifs is 2. The Morgan fingerprint density at radius 2 is 1.09 bits per heavy atom. The standard InChI is InChI=1S/C29H32N4O4.C26H25N3O4.C26H34N2O4.C24H30N6O3/c1-20-10-12-23(13-11-20)30-27(34)15-14-26-31-32-29(33(26)17-16-21-8-6-5-7-9-21)22-18-24(35-2)28(37-4)25(19-22)36-3;1-17-8-9-18(25-22-6-4-5-7-23(22)26(31)29(2)28-25)14-19(17)15-27-24(30)16-33-21-12-10-20(32-3)11-13-21;1-17-11-19(3)25(20(4)12-17)31-15-23(29)27-7-9-28(10-8-27)24(30)16-32-26-21(5)13-18(2)14-22(26)6;31-23(25-21-10-6-8-19-7-2-3-9-20(19)21)33-18-15-30-22(26-27-28-30)24(11-4-1-5-12-24)29-13-16-32-17-14-29/h5-13,18-19H,14-17H2,1-4H3,(H,30,34);4-14H,15-16H2,1-3H3,(H,27,30);11-14H,7-10,15-16H2,1-6H3;2-3,6-10H,1,4-5,11-18H2,(H,25,31). The lowest BCUT2D eigenvalue weighted by Gasteiger charge is -2.46. The molecule has 3 fully saturated rings. The lowest BCUT2D eigenvalue weighted by atomic mass is 9.79. The minimum Gasteiger partial charge on any atom is -0.497 e. The molecule has 30 heteroatoms. The van der Waals surface area contributed by atoms with Crippen LogP contribution < -0.4 is 54.7 Å². The number of aromatic nitrogens is 9. The summed E-state index contributed by atoms with van der Waals surface area (Å²) in [5.41, 5.74) is 14.4. The van der Waals surface area contributed by atoms with Gasteiger partial charge in [0.15, 0.2) is 43.0 Å². The summed E-state index contributed by atoms with van der Waals surface area (Å²) >= 11 is 0. The van der Waals surface area contributed by atoms with Gasteiger partial charge in [-0.3, -0.25) is 34.2 Å². The van der Waals surface area contributed by atoms with Crippen molar-refractivity contribution >= 4 is 62.6 Å². The Morgan fingerprint density at radius 1 is 0.496 bits per heavy atom. The largest absolute Gasteiger partial charge is 0.497 e. The van der Waals surface area contributed by atoms with Gasteiger partial charge in [0, 0.05) is 99.8 Å². The first-order valence-corrected chi connectivity index (χ1v) is 45.6. The van der Waals surface area contributed by atoms with E-state index in [9.17, 15) is 28.8 Å². The number of ether oxygens (including phenoxy) is 9. The summed E-state index contributed by atoms with van der Waals surface area (Å²) in [6.07, 6.45) is 6.68. The fourth-order valence-corrected chi connectivity index (χ4v) is 17.4. The molecule has 3 aromatic heterocycles. The molecular formula is C105H121N15O15. The van der Waals surface area contributed by atoms with Gasteiger partial charge in [-0.1, -0.05) is 169 Å². The number of amides is 5. The maximum atomic E-state index is 12.7. The zero-order valence-electron chi connectivity index (χ0n) is 79.3. The SMILES string of the molecule is COc1cc(-c2nnc(CCC(=O)Nc3ccc(C)cc3)n2CCc2ccccc2)cc(OC)c1OC.COc1ccc(OCC(=O)NCc2cc(-c3nn(C)c(=O)c4ccccc34)ccc2C)cc1.Cc1cc(C)c(OCC(=O)N2CCN(C(=O)COc3c(C)cc(C)cc3C)CC2)c(C)c1.O=C(Nc1cccc2ccccc12)OCCn1nnnc1C1(N2CCOCC2)CCCCC1. The first-order valence-electron chi connectivity index (χ1n) is 45.6. The molecule has 1 aliphatic carbocycles. The number of aryl methyl sites for hydroxylation is 11. The maximum absolute atomic E-state index is 12.7. The number of benzene rings is 10. The van der Waals surface area contributed by atoms with E-state index in [2.05, 4.69) is 92.6 Å². The van der Waals surface area contributed by atoms with E-state index in [0.29, 0.717) is 86.4 Å². The third-order valence-electron chi connectivity index (χ3n) is 24.3. The molecule has 2 saturated heterocycles. The molecule has 0 unspecified atom stereocenters. The lowest BCUT2D eigenvalue weighted by molar-refractivity contribution is -0.141. The molecule has 5 heterocycles. The number of piperazine rings is 1. The van der Waals surface area contributed by atoms with Crippen LogP contribution in [0, 0.1) is 55.4 Å². The van der Waals surface area contributed by atoms with Crippen molar-refractivity contribution in [3.05, 3.63) is 278 Å². The summed E-state index contributed by atoms with van der Waals surface area (Å²) in [6.45, 7) is 22.9. The molecule has 3 N–H and O–H groups in total. The second kappa shape index (κ2) is 47.2. The number of nitrogens with one attached hydrogen (secondary N) is 3. The van der Waals surface area contributed by atoms with Gasteiger partial charge < -0.3 is 67.6 Å². The predicted octanol–water partition coefficient (Wildman–Crippen LogP) is 15.9. The Hall–Kier alpha value is -14.5. The molecule has 0 radical (unpaired) electrons. The van der Waals surface area contributed by atoms with Gasteiger partial charge in [0.2, 0.25) is 11.7 Å². The highest BCUT2D eigenvalue weighted by atomic mass is 16.6. The maximum Gasteiger partial charge on any atom is 0.411 e. The fraction of sp³-hybridized carbons (Fsp3) is 0.352. The van der Waals surface area contributed by atoms with E-state index in [1.165, 1.54) is 27.8 Å². The summed E-state index contributed by atoms with van der Waals surface area (Å²) in [5, 5.41) is 38.3. The second-order valence-corrected chi connectivity index (χ2v) is 33.9. The Labute approximate surface area is 787 Å². The normalized spacial score (nSPS) is 13.4. The van der Waals surface area contributed by atoms with Crippen molar-refractivity contribution in [1.29, 1.82) is 0 Å². The van der Waals surface area contributed by atoms with Crippen LogP contribution in [0.15, 0.2) is 205 Å². The predicted molar refractivity (Wildman–Crippen MR) is 520 cm³/mol. The average Bonchev–Trinajstić information content (AvgIpc) is 0.916. The Kier molecular flexibility index (Phi) is 34.3. The Bertz CT molecular complexity index is 6140. The highest BCUT2D eigenvalue weighted by Gasteiger charge is 2.45. The Morgan fingerprint density at radius 3 is 1.70 bits per heavy atom. The molecule has 0 bridgehead atoms. The summed E-state index contributed by atoms with van der Waals surface area (Å²) in [4.78, 5) is 81.2. The number of hydrogen-bond donors (Lipinski definition) is 3. The van der Waals surface area contributed by atoms with Crippen LogP contribution in [0.25, 0.3) is 44.2 Å². The number of morpholine rings is 1. The minimum absolute atomic E-state index is 0.00771. The number of anilines is 2. The van der Waals surface area contributed by atoms with Crippen molar-refractivity contribution in [1.82, 2.24) is 64.8 Å². The first kappa shape index (κ1) is 98.0. The summed E-state index contributed by atoms with van der Waals surface area (Å²) < 4.78 is 55.2. The lowest BCUT2D eigenvalue weighted by Crippen LogP contribution is -2.53. The molecule has 0 spiro atoms. The molecule has 2 aliphatic heterocycles. The van der Waals surface area contributed by atoms with Gasteiger partial charge in [-0.25, -0.2) is 14.2 Å². The molecule has 13 aromatic rings. The molecule has 16 rings (SSSR count).